The summed E-state index contributed by atoms with van der Waals surface area (Å²) in [6.07, 6.45) is 5.67. The van der Waals surface area contributed by atoms with Crippen molar-refractivity contribution in [2.75, 3.05) is 12.4 Å². The molecule has 1 saturated heterocycles. The number of halogens is 1. The Morgan fingerprint density at radius 3 is 3.21 bits per heavy atom. The van der Waals surface area contributed by atoms with E-state index in [9.17, 15) is 0 Å². The highest BCUT2D eigenvalue weighted by molar-refractivity contribution is 6.99. The highest BCUT2D eigenvalue weighted by Gasteiger charge is 2.21. The third kappa shape index (κ3) is 2.43. The topological polar surface area (TPSA) is 29.0 Å². The molecule has 0 radical (unpaired) electrons. The predicted molar refractivity (Wildman–Crippen MR) is 58.7 cm³/mol. The summed E-state index contributed by atoms with van der Waals surface area (Å²) in [7, 11) is 0. The van der Waals surface area contributed by atoms with Crippen molar-refractivity contribution in [3.63, 3.8) is 0 Å². The number of aromatic nitrogens is 2. The average molecular weight is 232 g/mol. The fourth-order valence-corrected chi connectivity index (χ4v) is 2.68. The maximum atomic E-state index is 5.94. The molecule has 78 valence electrons. The van der Waals surface area contributed by atoms with Crippen LogP contribution in [0.3, 0.4) is 0 Å². The third-order valence-corrected chi connectivity index (χ3v) is 3.57. The number of alkyl halides is 1. The highest BCUT2D eigenvalue weighted by Crippen LogP contribution is 2.19. The molecular formula is C9H14ClN3S. The molecule has 0 aromatic carbocycles. The Balaban J connectivity index is 1.94. The number of hydrogen-bond acceptors (Lipinski definition) is 4. The van der Waals surface area contributed by atoms with Gasteiger partial charge < -0.3 is 0 Å². The number of hydrogen-bond donors (Lipinski definition) is 0. The lowest BCUT2D eigenvalue weighted by Crippen LogP contribution is -2.40. The van der Waals surface area contributed by atoms with Crippen LogP contribution in [0, 0.1) is 0 Å². The van der Waals surface area contributed by atoms with Crippen molar-refractivity contribution < 1.29 is 0 Å². The Bertz CT molecular complexity index is 265. The Kier molecular flexibility index (Phi) is 3.73. The van der Waals surface area contributed by atoms with Gasteiger partial charge in [-0.05, 0) is 19.4 Å². The highest BCUT2D eigenvalue weighted by atomic mass is 35.5. The zero-order chi connectivity index (χ0) is 9.80. The number of nitrogens with zero attached hydrogens (tertiary/aromatic N) is 3. The van der Waals surface area contributed by atoms with Gasteiger partial charge in [0.25, 0.3) is 0 Å². The van der Waals surface area contributed by atoms with Gasteiger partial charge in [0.2, 0.25) is 0 Å². The molecule has 0 bridgehead atoms. The molecule has 1 aromatic rings. The average Bonchev–Trinajstić information content (AvgIpc) is 2.71. The van der Waals surface area contributed by atoms with Crippen molar-refractivity contribution in [3.05, 3.63) is 11.9 Å². The normalized spacial score (nSPS) is 23.9. The second kappa shape index (κ2) is 5.05. The van der Waals surface area contributed by atoms with Crippen LogP contribution < -0.4 is 0 Å². The standard InChI is InChI=1S/C9H14ClN3S/c10-5-9-3-1-2-4-13(9)7-8-6-11-14-12-8/h6,9H,1-5,7H2. The van der Waals surface area contributed by atoms with Crippen LogP contribution in [0.1, 0.15) is 25.0 Å². The van der Waals surface area contributed by atoms with Gasteiger partial charge in [0.1, 0.15) is 0 Å². The van der Waals surface area contributed by atoms with E-state index in [-0.39, 0.29) is 0 Å². The van der Waals surface area contributed by atoms with E-state index in [0.717, 1.165) is 24.7 Å². The van der Waals surface area contributed by atoms with Crippen LogP contribution in [0.2, 0.25) is 0 Å². The Morgan fingerprint density at radius 1 is 1.57 bits per heavy atom. The molecule has 0 N–H and O–H groups in total. The van der Waals surface area contributed by atoms with Gasteiger partial charge in [0.05, 0.1) is 23.6 Å². The van der Waals surface area contributed by atoms with Crippen molar-refractivity contribution in [1.29, 1.82) is 0 Å². The first kappa shape index (κ1) is 10.3. The summed E-state index contributed by atoms with van der Waals surface area (Å²) in [5, 5.41) is 0. The van der Waals surface area contributed by atoms with Gasteiger partial charge in [-0.1, -0.05) is 6.42 Å². The van der Waals surface area contributed by atoms with Gasteiger partial charge in [0.15, 0.2) is 0 Å². The fourth-order valence-electron chi connectivity index (χ4n) is 1.90. The number of rotatable bonds is 3. The Morgan fingerprint density at radius 2 is 2.50 bits per heavy atom. The quantitative estimate of drug-likeness (QED) is 0.747. The maximum Gasteiger partial charge on any atom is 0.0883 e. The van der Waals surface area contributed by atoms with Gasteiger partial charge >= 0.3 is 0 Å². The second-order valence-corrected chi connectivity index (χ2v) is 4.54. The molecule has 0 saturated carbocycles. The lowest BCUT2D eigenvalue weighted by Gasteiger charge is -2.33. The van der Waals surface area contributed by atoms with Crippen LogP contribution in [0.5, 0.6) is 0 Å². The lowest BCUT2D eigenvalue weighted by molar-refractivity contribution is 0.153. The fraction of sp³-hybridized carbons (Fsp3) is 0.778. The Labute approximate surface area is 93.4 Å². The molecule has 1 unspecified atom stereocenters. The minimum atomic E-state index is 0.534. The van der Waals surface area contributed by atoms with Gasteiger partial charge in [0, 0.05) is 18.5 Å². The monoisotopic (exact) mass is 231 g/mol. The molecule has 14 heavy (non-hydrogen) atoms. The maximum absolute atomic E-state index is 5.94. The molecule has 1 aliphatic rings. The smallest absolute Gasteiger partial charge is 0.0883 e. The first-order valence-electron chi connectivity index (χ1n) is 4.96. The van der Waals surface area contributed by atoms with Crippen LogP contribution in [-0.4, -0.2) is 32.1 Å². The SMILES string of the molecule is ClCC1CCCCN1Cc1cnsn1. The molecular weight excluding hydrogens is 218 g/mol. The molecule has 0 spiro atoms. The van der Waals surface area contributed by atoms with E-state index in [1.165, 1.54) is 31.0 Å². The van der Waals surface area contributed by atoms with E-state index in [4.69, 9.17) is 11.6 Å². The number of piperidine rings is 1. The summed E-state index contributed by atoms with van der Waals surface area (Å²) in [6.45, 7) is 2.06. The predicted octanol–water partition coefficient (Wildman–Crippen LogP) is 2.13. The third-order valence-electron chi connectivity index (χ3n) is 2.70. The Hall–Kier alpha value is -0.190. The molecule has 5 heteroatoms. The van der Waals surface area contributed by atoms with Crippen LogP contribution >= 0.6 is 23.3 Å². The largest absolute Gasteiger partial charge is 0.293 e. The zero-order valence-electron chi connectivity index (χ0n) is 8.03. The van der Waals surface area contributed by atoms with Crippen LogP contribution in [0.4, 0.5) is 0 Å². The van der Waals surface area contributed by atoms with Crippen LogP contribution in [0.25, 0.3) is 0 Å². The second-order valence-electron chi connectivity index (χ2n) is 3.67. The molecule has 2 heterocycles. The van der Waals surface area contributed by atoms with E-state index in [1.54, 1.807) is 0 Å². The van der Waals surface area contributed by atoms with Crippen molar-refractivity contribution in [2.24, 2.45) is 0 Å². The molecule has 1 fully saturated rings. The molecule has 2 rings (SSSR count). The summed E-state index contributed by atoms with van der Waals surface area (Å²) < 4.78 is 8.23. The molecule has 0 amide bonds. The minimum Gasteiger partial charge on any atom is -0.293 e. The van der Waals surface area contributed by atoms with Crippen molar-refractivity contribution in [2.45, 2.75) is 31.8 Å². The van der Waals surface area contributed by atoms with Crippen molar-refractivity contribution >= 4 is 23.3 Å². The van der Waals surface area contributed by atoms with E-state index in [0.29, 0.717) is 6.04 Å². The molecule has 3 nitrogen and oxygen atoms in total. The summed E-state index contributed by atoms with van der Waals surface area (Å²) in [5.41, 5.74) is 1.08. The van der Waals surface area contributed by atoms with Gasteiger partial charge in [-0.25, -0.2) is 0 Å². The van der Waals surface area contributed by atoms with E-state index < -0.39 is 0 Å². The van der Waals surface area contributed by atoms with Gasteiger partial charge in [-0.2, -0.15) is 8.75 Å². The first-order chi connectivity index (χ1) is 6.90. The summed E-state index contributed by atoms with van der Waals surface area (Å²) in [4.78, 5) is 2.42. The summed E-state index contributed by atoms with van der Waals surface area (Å²) in [6, 6.07) is 0.534. The molecule has 1 aromatic heterocycles. The van der Waals surface area contributed by atoms with Gasteiger partial charge in [-0.3, -0.25) is 4.90 Å². The minimum absolute atomic E-state index is 0.534. The van der Waals surface area contributed by atoms with E-state index in [2.05, 4.69) is 13.6 Å². The van der Waals surface area contributed by atoms with Crippen molar-refractivity contribution in [1.82, 2.24) is 13.6 Å². The zero-order valence-corrected chi connectivity index (χ0v) is 9.60. The van der Waals surface area contributed by atoms with E-state index >= 15 is 0 Å². The summed E-state index contributed by atoms with van der Waals surface area (Å²) >= 11 is 7.22. The van der Waals surface area contributed by atoms with E-state index in [1.807, 2.05) is 6.20 Å². The molecule has 0 aliphatic carbocycles. The molecule has 1 aliphatic heterocycles. The van der Waals surface area contributed by atoms with Gasteiger partial charge in [-0.15, -0.1) is 11.6 Å². The van der Waals surface area contributed by atoms with Crippen LogP contribution in [-0.2, 0) is 6.54 Å². The lowest BCUT2D eigenvalue weighted by atomic mass is 10.0. The van der Waals surface area contributed by atoms with Crippen molar-refractivity contribution in [3.8, 4) is 0 Å². The first-order valence-corrected chi connectivity index (χ1v) is 6.23. The summed E-state index contributed by atoms with van der Waals surface area (Å²) in [5.74, 6) is 0.734. The van der Waals surface area contributed by atoms with Crippen LogP contribution in [0.15, 0.2) is 6.20 Å². The number of likely N-dealkylation sites (tertiary alicyclic amines) is 1. The molecule has 1 atom stereocenters.